The molecule has 1 aliphatic rings. The monoisotopic (exact) mass is 261 g/mol. The largest absolute Gasteiger partial charge is 0.491 e. The number of H-pyrrole nitrogens is 1. The maximum atomic E-state index is 5.68. The summed E-state index contributed by atoms with van der Waals surface area (Å²) in [6.07, 6.45) is 5.22. The van der Waals surface area contributed by atoms with Crippen LogP contribution in [0.3, 0.4) is 0 Å². The standard InChI is InChI=1S/C15H19NO3/c1-2-8-18-15(3-1)19-10-9-17-13-4-5-14-12(11-13)6-7-16-14/h4-7,11,15-16H,1-3,8-10H2/t15-/m0/s1. The molecule has 0 aliphatic carbocycles. The highest BCUT2D eigenvalue weighted by atomic mass is 16.7. The van der Waals surface area contributed by atoms with Gasteiger partial charge in [0.15, 0.2) is 6.29 Å². The summed E-state index contributed by atoms with van der Waals surface area (Å²) in [7, 11) is 0. The number of aromatic amines is 1. The second kappa shape index (κ2) is 6.08. The summed E-state index contributed by atoms with van der Waals surface area (Å²) in [5.74, 6) is 0.875. The van der Waals surface area contributed by atoms with E-state index in [4.69, 9.17) is 14.2 Å². The Morgan fingerprint density at radius 3 is 3.11 bits per heavy atom. The first-order valence-electron chi connectivity index (χ1n) is 6.85. The third-order valence-electron chi connectivity index (χ3n) is 3.32. The maximum absolute atomic E-state index is 5.68. The van der Waals surface area contributed by atoms with E-state index < -0.39 is 0 Å². The van der Waals surface area contributed by atoms with Gasteiger partial charge in [-0.1, -0.05) is 0 Å². The number of hydrogen-bond acceptors (Lipinski definition) is 3. The molecule has 1 atom stereocenters. The molecule has 0 spiro atoms. The minimum atomic E-state index is -0.0375. The SMILES string of the molecule is c1cc2cc(OCCO[C@H]3CCCCO3)ccc2[nH]1. The van der Waals surface area contributed by atoms with Crippen LogP contribution < -0.4 is 4.74 Å². The first-order chi connectivity index (χ1) is 9.42. The van der Waals surface area contributed by atoms with Crippen LogP contribution in [-0.4, -0.2) is 31.1 Å². The molecular weight excluding hydrogens is 242 g/mol. The van der Waals surface area contributed by atoms with Crippen LogP contribution in [0.2, 0.25) is 0 Å². The first-order valence-corrected chi connectivity index (χ1v) is 6.85. The Morgan fingerprint density at radius 2 is 2.21 bits per heavy atom. The number of nitrogens with one attached hydrogen (secondary N) is 1. The molecular formula is C15H19NO3. The van der Waals surface area contributed by atoms with Crippen LogP contribution in [0, 0.1) is 0 Å². The summed E-state index contributed by atoms with van der Waals surface area (Å²) >= 11 is 0. The van der Waals surface area contributed by atoms with Crippen molar-refractivity contribution in [1.29, 1.82) is 0 Å². The van der Waals surface area contributed by atoms with Gasteiger partial charge in [0.2, 0.25) is 0 Å². The van der Waals surface area contributed by atoms with E-state index in [1.165, 1.54) is 6.42 Å². The Hall–Kier alpha value is -1.52. The summed E-state index contributed by atoms with van der Waals surface area (Å²) in [6, 6.07) is 8.06. The molecule has 102 valence electrons. The minimum Gasteiger partial charge on any atom is -0.491 e. The average molecular weight is 261 g/mol. The van der Waals surface area contributed by atoms with E-state index in [0.717, 1.165) is 36.1 Å². The number of rotatable bonds is 5. The Balaban J connectivity index is 1.43. The molecule has 19 heavy (non-hydrogen) atoms. The van der Waals surface area contributed by atoms with Crippen molar-refractivity contribution in [2.75, 3.05) is 19.8 Å². The molecule has 0 radical (unpaired) electrons. The number of fused-ring (bicyclic) bond motifs is 1. The number of ether oxygens (including phenoxy) is 3. The summed E-state index contributed by atoms with van der Waals surface area (Å²) in [5, 5.41) is 1.16. The third kappa shape index (κ3) is 3.28. The van der Waals surface area contributed by atoms with Gasteiger partial charge in [0.25, 0.3) is 0 Å². The van der Waals surface area contributed by atoms with Crippen molar-refractivity contribution >= 4 is 10.9 Å². The molecule has 1 aromatic heterocycles. The predicted molar refractivity (Wildman–Crippen MR) is 73.3 cm³/mol. The molecule has 0 saturated carbocycles. The molecule has 2 aromatic rings. The second-order valence-corrected chi connectivity index (χ2v) is 4.74. The Morgan fingerprint density at radius 1 is 1.21 bits per heavy atom. The van der Waals surface area contributed by atoms with Gasteiger partial charge in [0, 0.05) is 23.7 Å². The van der Waals surface area contributed by atoms with E-state index in [1.54, 1.807) is 0 Å². The maximum Gasteiger partial charge on any atom is 0.157 e. The number of aromatic nitrogens is 1. The molecule has 1 N–H and O–H groups in total. The Kier molecular flexibility index (Phi) is 4.01. The lowest BCUT2D eigenvalue weighted by Crippen LogP contribution is -2.24. The normalized spacial score (nSPS) is 19.7. The van der Waals surface area contributed by atoms with Gasteiger partial charge in [-0.3, -0.25) is 0 Å². The summed E-state index contributed by atoms with van der Waals surface area (Å²) < 4.78 is 16.8. The van der Waals surface area contributed by atoms with Gasteiger partial charge in [0.05, 0.1) is 6.61 Å². The molecule has 0 amide bonds. The fourth-order valence-electron chi connectivity index (χ4n) is 2.30. The van der Waals surface area contributed by atoms with Gasteiger partial charge in [-0.05, 0) is 43.5 Å². The van der Waals surface area contributed by atoms with Crippen LogP contribution in [0.15, 0.2) is 30.5 Å². The highest BCUT2D eigenvalue weighted by molar-refractivity contribution is 5.80. The highest BCUT2D eigenvalue weighted by Gasteiger charge is 2.13. The molecule has 4 nitrogen and oxygen atoms in total. The highest BCUT2D eigenvalue weighted by Crippen LogP contribution is 2.19. The van der Waals surface area contributed by atoms with Crippen molar-refractivity contribution in [3.8, 4) is 5.75 Å². The topological polar surface area (TPSA) is 43.5 Å². The fourth-order valence-corrected chi connectivity index (χ4v) is 2.30. The van der Waals surface area contributed by atoms with Crippen molar-refractivity contribution in [1.82, 2.24) is 4.98 Å². The van der Waals surface area contributed by atoms with Crippen molar-refractivity contribution < 1.29 is 14.2 Å². The van der Waals surface area contributed by atoms with Gasteiger partial charge >= 0.3 is 0 Å². The predicted octanol–water partition coefficient (Wildman–Crippen LogP) is 3.09. The Bertz CT molecular complexity index is 517. The summed E-state index contributed by atoms with van der Waals surface area (Å²) in [4.78, 5) is 3.16. The van der Waals surface area contributed by atoms with Gasteiger partial charge < -0.3 is 19.2 Å². The van der Waals surface area contributed by atoms with E-state index in [1.807, 2.05) is 30.5 Å². The molecule has 1 fully saturated rings. The zero-order valence-electron chi connectivity index (χ0n) is 10.9. The van der Waals surface area contributed by atoms with Gasteiger partial charge in [-0.15, -0.1) is 0 Å². The minimum absolute atomic E-state index is 0.0375. The lowest BCUT2D eigenvalue weighted by Gasteiger charge is -2.22. The Labute approximate surface area is 112 Å². The van der Waals surface area contributed by atoms with E-state index in [-0.39, 0.29) is 6.29 Å². The van der Waals surface area contributed by atoms with E-state index in [9.17, 15) is 0 Å². The van der Waals surface area contributed by atoms with Crippen molar-refractivity contribution in [3.63, 3.8) is 0 Å². The van der Waals surface area contributed by atoms with Crippen molar-refractivity contribution in [2.45, 2.75) is 25.6 Å². The lowest BCUT2D eigenvalue weighted by atomic mass is 10.2. The molecule has 1 aliphatic heterocycles. The van der Waals surface area contributed by atoms with Crippen LogP contribution >= 0.6 is 0 Å². The second-order valence-electron chi connectivity index (χ2n) is 4.74. The molecule has 3 rings (SSSR count). The van der Waals surface area contributed by atoms with Crippen LogP contribution in [0.1, 0.15) is 19.3 Å². The van der Waals surface area contributed by atoms with Crippen LogP contribution in [0.4, 0.5) is 0 Å². The van der Waals surface area contributed by atoms with E-state index in [0.29, 0.717) is 13.2 Å². The zero-order valence-corrected chi connectivity index (χ0v) is 10.9. The molecule has 0 unspecified atom stereocenters. The summed E-state index contributed by atoms with van der Waals surface area (Å²) in [5.41, 5.74) is 1.12. The molecule has 2 heterocycles. The number of hydrogen-bond donors (Lipinski definition) is 1. The molecule has 1 saturated heterocycles. The lowest BCUT2D eigenvalue weighted by molar-refractivity contribution is -0.165. The van der Waals surface area contributed by atoms with E-state index >= 15 is 0 Å². The van der Waals surface area contributed by atoms with Crippen LogP contribution in [0.25, 0.3) is 10.9 Å². The van der Waals surface area contributed by atoms with Crippen molar-refractivity contribution in [2.24, 2.45) is 0 Å². The third-order valence-corrected chi connectivity index (χ3v) is 3.32. The smallest absolute Gasteiger partial charge is 0.157 e. The van der Waals surface area contributed by atoms with Gasteiger partial charge in [0.1, 0.15) is 12.4 Å². The van der Waals surface area contributed by atoms with Crippen LogP contribution in [0.5, 0.6) is 5.75 Å². The van der Waals surface area contributed by atoms with Crippen LogP contribution in [-0.2, 0) is 9.47 Å². The van der Waals surface area contributed by atoms with E-state index in [2.05, 4.69) is 4.98 Å². The zero-order chi connectivity index (χ0) is 12.9. The molecule has 0 bridgehead atoms. The summed E-state index contributed by atoms with van der Waals surface area (Å²) in [6.45, 7) is 1.93. The first kappa shape index (κ1) is 12.5. The fraction of sp³-hybridized carbons (Fsp3) is 0.467. The van der Waals surface area contributed by atoms with Gasteiger partial charge in [-0.2, -0.15) is 0 Å². The molecule has 1 aromatic carbocycles. The number of benzene rings is 1. The van der Waals surface area contributed by atoms with Gasteiger partial charge in [-0.25, -0.2) is 0 Å². The average Bonchev–Trinajstić information content (AvgIpc) is 2.92. The van der Waals surface area contributed by atoms with Crippen molar-refractivity contribution in [3.05, 3.63) is 30.5 Å². The quantitative estimate of drug-likeness (QED) is 0.841. The molecule has 4 heteroatoms.